The summed E-state index contributed by atoms with van der Waals surface area (Å²) in [4.78, 5) is 7.09. The zero-order valence-corrected chi connectivity index (χ0v) is 19.1. The van der Waals surface area contributed by atoms with Crippen LogP contribution in [-0.4, -0.2) is 51.9 Å². The van der Waals surface area contributed by atoms with Gasteiger partial charge in [-0.05, 0) is 49.4 Å². The number of benzene rings is 1. The number of hydrogen-bond acceptors (Lipinski definition) is 6. The van der Waals surface area contributed by atoms with Gasteiger partial charge in [-0.25, -0.2) is 13.6 Å². The average Bonchev–Trinajstić information content (AvgIpc) is 3.17. The minimum Gasteiger partial charge on any atom is -0.495 e. The van der Waals surface area contributed by atoms with Crippen molar-refractivity contribution >= 4 is 21.3 Å². The molecule has 0 radical (unpaired) electrons. The number of nitrogens with two attached hydrogens (primary N) is 1. The van der Waals surface area contributed by atoms with E-state index in [1.54, 1.807) is 12.1 Å². The highest BCUT2D eigenvalue weighted by Gasteiger charge is 2.26. The van der Waals surface area contributed by atoms with Crippen molar-refractivity contribution < 1.29 is 17.9 Å². The van der Waals surface area contributed by atoms with Crippen molar-refractivity contribution in [2.24, 2.45) is 10.1 Å². The van der Waals surface area contributed by atoms with Crippen LogP contribution in [-0.2, 0) is 10.0 Å². The van der Waals surface area contributed by atoms with Crippen LogP contribution in [0.3, 0.4) is 0 Å². The SMILES string of the molecule is CCN1CC=C2CC(c3cc(S(N)(=O)=O)c(OC)cc3OC3CCCC3)=CN=C2CC1. The van der Waals surface area contributed by atoms with E-state index < -0.39 is 10.0 Å². The molecule has 1 saturated carbocycles. The summed E-state index contributed by atoms with van der Waals surface area (Å²) < 4.78 is 36.2. The molecule has 0 bridgehead atoms. The van der Waals surface area contributed by atoms with Gasteiger partial charge in [-0.1, -0.05) is 13.0 Å². The minimum absolute atomic E-state index is 0.0357. The number of methoxy groups -OCH3 is 1. The van der Waals surface area contributed by atoms with Crippen molar-refractivity contribution in [3.63, 3.8) is 0 Å². The zero-order valence-electron chi connectivity index (χ0n) is 18.3. The molecular formula is C23H31N3O4S. The number of ether oxygens (including phenoxy) is 2. The van der Waals surface area contributed by atoms with Gasteiger partial charge in [-0.3, -0.25) is 9.89 Å². The van der Waals surface area contributed by atoms with E-state index in [2.05, 4.69) is 17.9 Å². The third-order valence-corrected chi connectivity index (χ3v) is 7.28. The molecule has 4 rings (SSSR count). The topological polar surface area (TPSA) is 94.2 Å². The Morgan fingerprint density at radius 1 is 1.19 bits per heavy atom. The second-order valence-corrected chi connectivity index (χ2v) is 9.88. The Bertz CT molecular complexity index is 1040. The molecule has 0 unspecified atom stereocenters. The predicted molar refractivity (Wildman–Crippen MR) is 122 cm³/mol. The van der Waals surface area contributed by atoms with E-state index in [1.807, 2.05) is 6.20 Å². The van der Waals surface area contributed by atoms with E-state index in [4.69, 9.17) is 19.6 Å². The van der Waals surface area contributed by atoms with E-state index in [9.17, 15) is 8.42 Å². The molecule has 3 aliphatic rings. The summed E-state index contributed by atoms with van der Waals surface area (Å²) in [5, 5.41) is 5.49. The standard InChI is InChI=1S/C23H31N3O4S/c1-3-26-10-8-16-12-17(15-25-20(16)9-11-26)19-13-23(31(24,27)28)22(29-2)14-21(19)30-18-6-4-5-7-18/h8,13-15,18H,3-7,9-12H2,1-2H3,(H2,24,27,28). The lowest BCUT2D eigenvalue weighted by Crippen LogP contribution is -2.24. The maximum atomic E-state index is 12.2. The second kappa shape index (κ2) is 9.14. The number of likely N-dealkylation sites (N-methyl/N-ethyl adjacent to an activating group) is 1. The first-order chi connectivity index (χ1) is 14.9. The van der Waals surface area contributed by atoms with Gasteiger partial charge < -0.3 is 9.47 Å². The highest BCUT2D eigenvalue weighted by Crippen LogP contribution is 2.40. The first kappa shape index (κ1) is 22.0. The fraction of sp³-hybridized carbons (Fsp3) is 0.522. The van der Waals surface area contributed by atoms with Gasteiger partial charge in [0.15, 0.2) is 0 Å². The molecule has 0 atom stereocenters. The molecule has 7 nitrogen and oxygen atoms in total. The molecule has 1 aromatic carbocycles. The van der Waals surface area contributed by atoms with Gasteiger partial charge in [-0.2, -0.15) is 0 Å². The number of hydrogen-bond donors (Lipinski definition) is 1. The number of primary sulfonamides is 1. The highest BCUT2D eigenvalue weighted by atomic mass is 32.2. The van der Waals surface area contributed by atoms with Crippen LogP contribution in [0, 0.1) is 0 Å². The van der Waals surface area contributed by atoms with Crippen molar-refractivity contribution in [2.45, 2.75) is 56.4 Å². The van der Waals surface area contributed by atoms with E-state index >= 15 is 0 Å². The number of allylic oxidation sites excluding steroid dienone is 2. The van der Waals surface area contributed by atoms with Gasteiger partial charge in [-0.15, -0.1) is 0 Å². The van der Waals surface area contributed by atoms with E-state index in [0.29, 0.717) is 12.2 Å². The fourth-order valence-electron chi connectivity index (χ4n) is 4.51. The molecular weight excluding hydrogens is 414 g/mol. The van der Waals surface area contributed by atoms with Crippen molar-refractivity contribution in [1.29, 1.82) is 0 Å². The summed E-state index contributed by atoms with van der Waals surface area (Å²) in [6.07, 6.45) is 10.1. The quantitative estimate of drug-likeness (QED) is 0.723. The lowest BCUT2D eigenvalue weighted by atomic mass is 9.92. The number of aliphatic imine (C=N–C) groups is 1. The van der Waals surface area contributed by atoms with Gasteiger partial charge in [0.25, 0.3) is 0 Å². The second-order valence-electron chi connectivity index (χ2n) is 8.35. The van der Waals surface area contributed by atoms with Gasteiger partial charge in [0, 0.05) is 49.5 Å². The molecule has 0 saturated heterocycles. The van der Waals surface area contributed by atoms with Crippen LogP contribution in [0.15, 0.2) is 39.9 Å². The molecule has 31 heavy (non-hydrogen) atoms. The van der Waals surface area contributed by atoms with E-state index in [-0.39, 0.29) is 16.7 Å². The third-order valence-electron chi connectivity index (χ3n) is 6.35. The maximum absolute atomic E-state index is 12.2. The highest BCUT2D eigenvalue weighted by molar-refractivity contribution is 7.89. The summed E-state index contributed by atoms with van der Waals surface area (Å²) in [7, 11) is -2.52. The molecule has 8 heteroatoms. The van der Waals surface area contributed by atoms with Crippen molar-refractivity contribution in [2.75, 3.05) is 26.7 Å². The lowest BCUT2D eigenvalue weighted by molar-refractivity contribution is 0.208. The minimum atomic E-state index is -3.96. The number of nitrogens with zero attached hydrogens (tertiary/aromatic N) is 2. The molecule has 1 aliphatic carbocycles. The summed E-state index contributed by atoms with van der Waals surface area (Å²) in [6, 6.07) is 3.24. The Morgan fingerprint density at radius 3 is 2.65 bits per heavy atom. The van der Waals surface area contributed by atoms with Crippen LogP contribution in [0.25, 0.3) is 5.57 Å². The third kappa shape index (κ3) is 4.86. The van der Waals surface area contributed by atoms with Crippen LogP contribution in [0.1, 0.15) is 51.0 Å². The number of fused-ring (bicyclic) bond motifs is 1. The first-order valence-corrected chi connectivity index (χ1v) is 12.5. The Balaban J connectivity index is 1.76. The van der Waals surface area contributed by atoms with Crippen LogP contribution in [0.4, 0.5) is 0 Å². The number of sulfonamides is 1. The van der Waals surface area contributed by atoms with Crippen molar-refractivity contribution in [3.05, 3.63) is 35.5 Å². The normalized spacial score (nSPS) is 20.4. The molecule has 0 amide bonds. The zero-order chi connectivity index (χ0) is 22.0. The number of rotatable bonds is 6. The Hall–Kier alpha value is -2.16. The molecule has 2 heterocycles. The molecule has 2 N–H and O–H groups in total. The van der Waals surface area contributed by atoms with Crippen molar-refractivity contribution in [1.82, 2.24) is 4.90 Å². The fourth-order valence-corrected chi connectivity index (χ4v) is 5.22. The first-order valence-electron chi connectivity index (χ1n) is 11.0. The van der Waals surface area contributed by atoms with Crippen LogP contribution in [0.5, 0.6) is 11.5 Å². The van der Waals surface area contributed by atoms with Crippen molar-refractivity contribution in [3.8, 4) is 11.5 Å². The molecule has 0 spiro atoms. The Labute approximate surface area is 184 Å². The summed E-state index contributed by atoms with van der Waals surface area (Å²) >= 11 is 0. The largest absolute Gasteiger partial charge is 0.495 e. The van der Waals surface area contributed by atoms with E-state index in [0.717, 1.165) is 68.6 Å². The average molecular weight is 446 g/mol. The van der Waals surface area contributed by atoms with Crippen LogP contribution in [0.2, 0.25) is 0 Å². The molecule has 0 aromatic heterocycles. The smallest absolute Gasteiger partial charge is 0.241 e. The van der Waals surface area contributed by atoms with Gasteiger partial charge in [0.2, 0.25) is 10.0 Å². The van der Waals surface area contributed by atoms with E-state index in [1.165, 1.54) is 12.7 Å². The molecule has 1 fully saturated rings. The molecule has 2 aliphatic heterocycles. The molecule has 1 aromatic rings. The summed E-state index contributed by atoms with van der Waals surface area (Å²) in [5.74, 6) is 0.831. The Kier molecular flexibility index (Phi) is 6.50. The van der Waals surface area contributed by atoms with Crippen LogP contribution >= 0.6 is 0 Å². The Morgan fingerprint density at radius 2 is 1.97 bits per heavy atom. The van der Waals surface area contributed by atoms with Gasteiger partial charge in [0.05, 0.1) is 13.2 Å². The van der Waals surface area contributed by atoms with Gasteiger partial charge in [0.1, 0.15) is 16.4 Å². The molecule has 168 valence electrons. The van der Waals surface area contributed by atoms with Gasteiger partial charge >= 0.3 is 0 Å². The summed E-state index contributed by atoms with van der Waals surface area (Å²) in [6.45, 7) is 5.06. The maximum Gasteiger partial charge on any atom is 0.241 e. The lowest BCUT2D eigenvalue weighted by Gasteiger charge is -2.22. The predicted octanol–water partition coefficient (Wildman–Crippen LogP) is 3.50. The summed E-state index contributed by atoms with van der Waals surface area (Å²) in [5.41, 5.74) is 3.96. The van der Waals surface area contributed by atoms with Crippen LogP contribution < -0.4 is 14.6 Å². The monoisotopic (exact) mass is 445 g/mol.